The van der Waals surface area contributed by atoms with Gasteiger partial charge in [-0.25, -0.2) is 4.98 Å². The van der Waals surface area contributed by atoms with E-state index in [1.807, 2.05) is 0 Å². The lowest BCUT2D eigenvalue weighted by atomic mass is 10.2. The minimum Gasteiger partial charge on any atom is -0.321 e. The molecular formula is C14H10N4O2. The summed E-state index contributed by atoms with van der Waals surface area (Å²) in [5, 5.41) is 3.12. The average molecular weight is 266 g/mol. The second-order valence-electron chi connectivity index (χ2n) is 4.13. The van der Waals surface area contributed by atoms with E-state index in [0.717, 1.165) is 0 Å². The molecule has 0 aliphatic heterocycles. The number of hydrogen-bond donors (Lipinski definition) is 2. The Balaban J connectivity index is 1.94. The van der Waals surface area contributed by atoms with Gasteiger partial charge in [-0.1, -0.05) is 6.07 Å². The van der Waals surface area contributed by atoms with E-state index in [1.54, 1.807) is 42.6 Å². The number of anilines is 1. The number of amides is 1. The van der Waals surface area contributed by atoms with Crippen molar-refractivity contribution in [1.29, 1.82) is 0 Å². The minimum atomic E-state index is -0.328. The molecule has 3 rings (SSSR count). The smallest absolute Gasteiger partial charge is 0.274 e. The number of H-pyrrole nitrogens is 1. The van der Waals surface area contributed by atoms with Gasteiger partial charge in [0.1, 0.15) is 5.69 Å². The van der Waals surface area contributed by atoms with Crippen molar-refractivity contribution in [3.05, 3.63) is 65.0 Å². The number of pyridine rings is 1. The van der Waals surface area contributed by atoms with E-state index in [9.17, 15) is 9.59 Å². The lowest BCUT2D eigenvalue weighted by Gasteiger charge is -2.05. The maximum atomic E-state index is 12.0. The molecule has 1 amide bonds. The number of nitrogens with one attached hydrogen (secondary N) is 2. The third-order valence-corrected chi connectivity index (χ3v) is 2.80. The first-order valence-corrected chi connectivity index (χ1v) is 5.94. The normalized spacial score (nSPS) is 10.4. The van der Waals surface area contributed by atoms with Gasteiger partial charge in [-0.05, 0) is 30.3 Å². The van der Waals surface area contributed by atoms with Gasteiger partial charge < -0.3 is 10.3 Å². The van der Waals surface area contributed by atoms with E-state index in [-0.39, 0.29) is 11.5 Å². The predicted octanol–water partition coefficient (Wildman–Crippen LogP) is 1.57. The molecule has 0 saturated carbocycles. The Labute approximate surface area is 113 Å². The molecule has 0 unspecified atom stereocenters. The van der Waals surface area contributed by atoms with Crippen molar-refractivity contribution in [3.8, 4) is 0 Å². The second-order valence-corrected chi connectivity index (χ2v) is 4.13. The Kier molecular flexibility index (Phi) is 2.96. The lowest BCUT2D eigenvalue weighted by molar-refractivity contribution is 0.102. The van der Waals surface area contributed by atoms with Crippen molar-refractivity contribution in [1.82, 2.24) is 15.0 Å². The molecule has 2 heterocycles. The van der Waals surface area contributed by atoms with Gasteiger partial charge in [0.25, 0.3) is 11.5 Å². The molecule has 0 aliphatic carbocycles. The summed E-state index contributed by atoms with van der Waals surface area (Å²) in [5.74, 6) is -0.328. The molecule has 0 spiro atoms. The fourth-order valence-electron chi connectivity index (χ4n) is 1.84. The standard InChI is InChI=1S/C14H10N4O2/c19-13-10-7-9(4-5-11(10)16-8-17-13)18-14(20)12-3-1-2-6-15-12/h1-8H,(H,18,20)(H,16,17,19). The van der Waals surface area contributed by atoms with Gasteiger partial charge in [0.05, 0.1) is 17.2 Å². The molecule has 2 aromatic heterocycles. The summed E-state index contributed by atoms with van der Waals surface area (Å²) >= 11 is 0. The quantitative estimate of drug-likeness (QED) is 0.737. The van der Waals surface area contributed by atoms with Crippen LogP contribution in [0.5, 0.6) is 0 Å². The minimum absolute atomic E-state index is 0.246. The molecule has 0 saturated heterocycles. The van der Waals surface area contributed by atoms with Crippen LogP contribution >= 0.6 is 0 Å². The predicted molar refractivity (Wildman–Crippen MR) is 74.6 cm³/mol. The number of benzene rings is 1. The van der Waals surface area contributed by atoms with Crippen molar-refractivity contribution >= 4 is 22.5 Å². The van der Waals surface area contributed by atoms with Crippen LogP contribution in [0, 0.1) is 0 Å². The molecule has 1 aromatic carbocycles. The number of nitrogens with zero attached hydrogens (tertiary/aromatic N) is 2. The number of aromatic amines is 1. The maximum Gasteiger partial charge on any atom is 0.274 e. The van der Waals surface area contributed by atoms with E-state index >= 15 is 0 Å². The highest BCUT2D eigenvalue weighted by molar-refractivity contribution is 6.03. The van der Waals surface area contributed by atoms with E-state index in [0.29, 0.717) is 22.3 Å². The van der Waals surface area contributed by atoms with E-state index in [4.69, 9.17) is 0 Å². The SMILES string of the molecule is O=C(Nc1ccc2nc[nH]c(=O)c2c1)c1ccccn1. The van der Waals surface area contributed by atoms with Crippen molar-refractivity contribution in [3.63, 3.8) is 0 Å². The van der Waals surface area contributed by atoms with Crippen molar-refractivity contribution in [2.75, 3.05) is 5.32 Å². The second kappa shape index (κ2) is 4.93. The first-order chi connectivity index (χ1) is 9.74. The summed E-state index contributed by atoms with van der Waals surface area (Å²) in [6.45, 7) is 0. The summed E-state index contributed by atoms with van der Waals surface area (Å²) < 4.78 is 0. The maximum absolute atomic E-state index is 12.0. The zero-order valence-electron chi connectivity index (χ0n) is 10.3. The van der Waals surface area contributed by atoms with Crippen LogP contribution in [0.4, 0.5) is 5.69 Å². The highest BCUT2D eigenvalue weighted by Crippen LogP contribution is 2.14. The topological polar surface area (TPSA) is 87.7 Å². The number of hydrogen-bond acceptors (Lipinski definition) is 4. The Morgan fingerprint density at radius 3 is 2.85 bits per heavy atom. The van der Waals surface area contributed by atoms with E-state index in [1.165, 1.54) is 6.33 Å². The highest BCUT2D eigenvalue weighted by atomic mass is 16.2. The Hall–Kier alpha value is -3.02. The Morgan fingerprint density at radius 1 is 1.15 bits per heavy atom. The zero-order valence-corrected chi connectivity index (χ0v) is 10.3. The number of carbonyl (C=O) groups excluding carboxylic acids is 1. The molecule has 0 aliphatic rings. The summed E-state index contributed by atoms with van der Waals surface area (Å²) in [6, 6.07) is 10.0. The third-order valence-electron chi connectivity index (χ3n) is 2.80. The van der Waals surface area contributed by atoms with Gasteiger partial charge >= 0.3 is 0 Å². The number of fused-ring (bicyclic) bond motifs is 1. The summed E-state index contributed by atoms with van der Waals surface area (Å²) in [6.07, 6.45) is 2.89. The molecule has 2 N–H and O–H groups in total. The fourth-order valence-corrected chi connectivity index (χ4v) is 1.84. The molecule has 6 heteroatoms. The van der Waals surface area contributed by atoms with E-state index < -0.39 is 0 Å². The Bertz CT molecular complexity index is 827. The average Bonchev–Trinajstić information content (AvgIpc) is 2.49. The lowest BCUT2D eigenvalue weighted by Crippen LogP contribution is -2.14. The van der Waals surface area contributed by atoms with Crippen molar-refractivity contribution in [2.45, 2.75) is 0 Å². The van der Waals surface area contributed by atoms with Crippen molar-refractivity contribution in [2.24, 2.45) is 0 Å². The fraction of sp³-hybridized carbons (Fsp3) is 0. The van der Waals surface area contributed by atoms with Crippen LogP contribution in [0.15, 0.2) is 53.7 Å². The van der Waals surface area contributed by atoms with Crippen LogP contribution in [0.25, 0.3) is 10.9 Å². The zero-order chi connectivity index (χ0) is 13.9. The van der Waals surface area contributed by atoms with Crippen LogP contribution in [0.2, 0.25) is 0 Å². The van der Waals surface area contributed by atoms with E-state index in [2.05, 4.69) is 20.3 Å². The number of rotatable bonds is 2. The van der Waals surface area contributed by atoms with Gasteiger partial charge in [0.2, 0.25) is 0 Å². The van der Waals surface area contributed by atoms with Gasteiger partial charge in [-0.2, -0.15) is 0 Å². The first-order valence-electron chi connectivity index (χ1n) is 5.94. The molecule has 0 radical (unpaired) electrons. The van der Waals surface area contributed by atoms with Crippen LogP contribution in [-0.4, -0.2) is 20.9 Å². The molecule has 3 aromatic rings. The number of carbonyl (C=O) groups is 1. The summed E-state index contributed by atoms with van der Waals surface area (Å²) in [7, 11) is 0. The molecule has 0 fully saturated rings. The largest absolute Gasteiger partial charge is 0.321 e. The molecule has 6 nitrogen and oxygen atoms in total. The van der Waals surface area contributed by atoms with Crippen LogP contribution < -0.4 is 10.9 Å². The van der Waals surface area contributed by atoms with Gasteiger partial charge in [-0.15, -0.1) is 0 Å². The van der Waals surface area contributed by atoms with Crippen molar-refractivity contribution < 1.29 is 4.79 Å². The van der Waals surface area contributed by atoms with Crippen LogP contribution in [0.1, 0.15) is 10.5 Å². The summed E-state index contributed by atoms with van der Waals surface area (Å²) in [5.41, 5.74) is 1.16. The molecular weight excluding hydrogens is 256 g/mol. The first kappa shape index (κ1) is 12.0. The molecule has 20 heavy (non-hydrogen) atoms. The highest BCUT2D eigenvalue weighted by Gasteiger charge is 2.08. The Morgan fingerprint density at radius 2 is 2.05 bits per heavy atom. The molecule has 98 valence electrons. The van der Waals surface area contributed by atoms with Crippen LogP contribution in [-0.2, 0) is 0 Å². The van der Waals surface area contributed by atoms with Gasteiger partial charge in [-0.3, -0.25) is 14.6 Å². The number of aromatic nitrogens is 3. The van der Waals surface area contributed by atoms with Crippen LogP contribution in [0.3, 0.4) is 0 Å². The monoisotopic (exact) mass is 266 g/mol. The summed E-state index contributed by atoms with van der Waals surface area (Å²) in [4.78, 5) is 34.1. The third kappa shape index (κ3) is 2.26. The van der Waals surface area contributed by atoms with Gasteiger partial charge in [0, 0.05) is 11.9 Å². The van der Waals surface area contributed by atoms with Gasteiger partial charge in [0.15, 0.2) is 0 Å². The molecule has 0 atom stereocenters. The molecule has 0 bridgehead atoms.